The van der Waals surface area contributed by atoms with Gasteiger partial charge in [-0.05, 0) is 37.3 Å². The fourth-order valence-corrected chi connectivity index (χ4v) is 2.33. The normalized spacial score (nSPS) is 12.3. The standard InChI is InChI=1S/C18H26N4/c1-6-14(5)21-16-10-17(20-11-19-16)22-18-13(4)8-7-9-15(18)12(2)3/h7-12,14H,6H2,1-5H3,(H2,19,20,21,22). The van der Waals surface area contributed by atoms with Gasteiger partial charge in [-0.2, -0.15) is 0 Å². The molecule has 1 unspecified atom stereocenters. The Kier molecular flexibility index (Phi) is 5.36. The van der Waals surface area contributed by atoms with E-state index in [9.17, 15) is 0 Å². The van der Waals surface area contributed by atoms with Gasteiger partial charge < -0.3 is 10.6 Å². The van der Waals surface area contributed by atoms with E-state index in [4.69, 9.17) is 0 Å². The van der Waals surface area contributed by atoms with E-state index in [0.29, 0.717) is 12.0 Å². The van der Waals surface area contributed by atoms with Gasteiger partial charge >= 0.3 is 0 Å². The number of nitrogens with one attached hydrogen (secondary N) is 2. The highest BCUT2D eigenvalue weighted by atomic mass is 15.1. The Morgan fingerprint density at radius 3 is 2.50 bits per heavy atom. The highest BCUT2D eigenvalue weighted by molar-refractivity contribution is 5.66. The first-order chi connectivity index (χ1) is 10.5. The summed E-state index contributed by atoms with van der Waals surface area (Å²) in [5.74, 6) is 2.13. The van der Waals surface area contributed by atoms with Crippen LogP contribution >= 0.6 is 0 Å². The Labute approximate surface area is 133 Å². The van der Waals surface area contributed by atoms with E-state index in [1.165, 1.54) is 11.1 Å². The monoisotopic (exact) mass is 298 g/mol. The number of aromatic nitrogens is 2. The highest BCUT2D eigenvalue weighted by Gasteiger charge is 2.10. The first-order valence-electron chi connectivity index (χ1n) is 7.96. The summed E-state index contributed by atoms with van der Waals surface area (Å²) in [6.45, 7) is 10.8. The Balaban J connectivity index is 2.26. The number of anilines is 3. The molecule has 2 rings (SSSR count). The van der Waals surface area contributed by atoms with Crippen LogP contribution in [-0.4, -0.2) is 16.0 Å². The number of hydrogen-bond donors (Lipinski definition) is 2. The highest BCUT2D eigenvalue weighted by Crippen LogP contribution is 2.29. The summed E-state index contributed by atoms with van der Waals surface area (Å²) in [7, 11) is 0. The molecule has 2 aromatic rings. The molecule has 0 saturated carbocycles. The van der Waals surface area contributed by atoms with Crippen LogP contribution in [0.25, 0.3) is 0 Å². The van der Waals surface area contributed by atoms with Crippen LogP contribution in [0.3, 0.4) is 0 Å². The van der Waals surface area contributed by atoms with Crippen LogP contribution in [0.4, 0.5) is 17.3 Å². The maximum atomic E-state index is 4.35. The third-order valence-electron chi connectivity index (χ3n) is 3.85. The number of nitrogens with zero attached hydrogens (tertiary/aromatic N) is 2. The molecule has 0 saturated heterocycles. The third-order valence-corrected chi connectivity index (χ3v) is 3.85. The number of hydrogen-bond acceptors (Lipinski definition) is 4. The molecular weight excluding hydrogens is 272 g/mol. The van der Waals surface area contributed by atoms with E-state index < -0.39 is 0 Å². The maximum Gasteiger partial charge on any atom is 0.135 e. The lowest BCUT2D eigenvalue weighted by Gasteiger charge is -2.17. The van der Waals surface area contributed by atoms with Crippen molar-refractivity contribution in [2.24, 2.45) is 0 Å². The molecule has 0 spiro atoms. The lowest BCUT2D eigenvalue weighted by Crippen LogP contribution is -2.14. The first-order valence-corrected chi connectivity index (χ1v) is 7.96. The second kappa shape index (κ2) is 7.25. The molecule has 0 fully saturated rings. The van der Waals surface area contributed by atoms with Gasteiger partial charge in [0.25, 0.3) is 0 Å². The zero-order valence-corrected chi connectivity index (χ0v) is 14.1. The van der Waals surface area contributed by atoms with Gasteiger partial charge in [-0.15, -0.1) is 0 Å². The minimum absolute atomic E-state index is 0.396. The number of benzene rings is 1. The van der Waals surface area contributed by atoms with Crippen LogP contribution in [0, 0.1) is 6.92 Å². The van der Waals surface area contributed by atoms with Crippen molar-refractivity contribution in [1.82, 2.24) is 9.97 Å². The molecule has 0 amide bonds. The van der Waals surface area contributed by atoms with Gasteiger partial charge in [0.05, 0.1) is 0 Å². The van der Waals surface area contributed by atoms with Crippen molar-refractivity contribution in [3.05, 3.63) is 41.7 Å². The van der Waals surface area contributed by atoms with Gasteiger partial charge in [0.15, 0.2) is 0 Å². The number of rotatable bonds is 6. The van der Waals surface area contributed by atoms with Crippen LogP contribution in [0.5, 0.6) is 0 Å². The van der Waals surface area contributed by atoms with Crippen LogP contribution in [0.15, 0.2) is 30.6 Å². The van der Waals surface area contributed by atoms with E-state index in [-0.39, 0.29) is 0 Å². The second-order valence-corrected chi connectivity index (χ2v) is 6.06. The van der Waals surface area contributed by atoms with Crippen LogP contribution < -0.4 is 10.6 Å². The van der Waals surface area contributed by atoms with E-state index in [2.05, 4.69) is 73.4 Å². The smallest absolute Gasteiger partial charge is 0.135 e. The zero-order valence-electron chi connectivity index (χ0n) is 14.1. The van der Waals surface area contributed by atoms with Crippen LogP contribution in [-0.2, 0) is 0 Å². The topological polar surface area (TPSA) is 49.8 Å². The predicted octanol–water partition coefficient (Wildman–Crippen LogP) is 4.86. The van der Waals surface area contributed by atoms with Gasteiger partial charge in [0.2, 0.25) is 0 Å². The fraction of sp³-hybridized carbons (Fsp3) is 0.444. The molecule has 4 heteroatoms. The van der Waals surface area contributed by atoms with Gasteiger partial charge in [-0.1, -0.05) is 39.0 Å². The molecule has 1 atom stereocenters. The zero-order chi connectivity index (χ0) is 16.1. The molecule has 0 aliphatic heterocycles. The summed E-state index contributed by atoms with van der Waals surface area (Å²) in [5, 5.41) is 6.84. The molecule has 0 aliphatic carbocycles. The minimum Gasteiger partial charge on any atom is -0.367 e. The third kappa shape index (κ3) is 3.97. The van der Waals surface area contributed by atoms with E-state index in [0.717, 1.165) is 23.7 Å². The van der Waals surface area contributed by atoms with Crippen molar-refractivity contribution in [2.45, 2.75) is 53.0 Å². The van der Waals surface area contributed by atoms with Crippen molar-refractivity contribution in [1.29, 1.82) is 0 Å². The Morgan fingerprint density at radius 1 is 1.09 bits per heavy atom. The minimum atomic E-state index is 0.396. The SMILES string of the molecule is CCC(C)Nc1cc(Nc2c(C)cccc2C(C)C)ncn1. The maximum absolute atomic E-state index is 4.35. The van der Waals surface area contributed by atoms with Crippen molar-refractivity contribution in [2.75, 3.05) is 10.6 Å². The van der Waals surface area contributed by atoms with E-state index >= 15 is 0 Å². The molecular formula is C18H26N4. The summed E-state index contributed by atoms with van der Waals surface area (Å²) in [5.41, 5.74) is 3.67. The van der Waals surface area contributed by atoms with Gasteiger partial charge in [-0.25, -0.2) is 9.97 Å². The molecule has 0 radical (unpaired) electrons. The average molecular weight is 298 g/mol. The van der Waals surface area contributed by atoms with Crippen LogP contribution in [0.1, 0.15) is 51.2 Å². The van der Waals surface area contributed by atoms with Gasteiger partial charge in [0.1, 0.15) is 18.0 Å². The molecule has 0 bridgehead atoms. The number of para-hydroxylation sites is 1. The summed E-state index contributed by atoms with van der Waals surface area (Å²) < 4.78 is 0. The summed E-state index contributed by atoms with van der Waals surface area (Å²) >= 11 is 0. The lowest BCUT2D eigenvalue weighted by atomic mass is 9.98. The molecule has 22 heavy (non-hydrogen) atoms. The van der Waals surface area contributed by atoms with Crippen molar-refractivity contribution >= 4 is 17.3 Å². The predicted molar refractivity (Wildman–Crippen MR) is 94.0 cm³/mol. The largest absolute Gasteiger partial charge is 0.367 e. The second-order valence-electron chi connectivity index (χ2n) is 6.06. The van der Waals surface area contributed by atoms with Crippen LogP contribution in [0.2, 0.25) is 0 Å². The number of aryl methyl sites for hydroxylation is 1. The van der Waals surface area contributed by atoms with E-state index in [1.807, 2.05) is 6.07 Å². The quantitative estimate of drug-likeness (QED) is 0.799. The Hall–Kier alpha value is -2.10. The summed E-state index contributed by atoms with van der Waals surface area (Å²) in [6.07, 6.45) is 2.66. The van der Waals surface area contributed by atoms with Gasteiger partial charge in [-0.3, -0.25) is 0 Å². The Bertz CT molecular complexity index is 622. The average Bonchev–Trinajstić information content (AvgIpc) is 2.49. The molecule has 2 N–H and O–H groups in total. The lowest BCUT2D eigenvalue weighted by molar-refractivity contribution is 0.758. The molecule has 1 aromatic heterocycles. The fourth-order valence-electron chi connectivity index (χ4n) is 2.33. The van der Waals surface area contributed by atoms with Gasteiger partial charge in [0, 0.05) is 17.8 Å². The van der Waals surface area contributed by atoms with Crippen molar-refractivity contribution in [3.8, 4) is 0 Å². The van der Waals surface area contributed by atoms with Crippen molar-refractivity contribution < 1.29 is 0 Å². The summed E-state index contributed by atoms with van der Waals surface area (Å²) in [6, 6.07) is 8.74. The molecule has 118 valence electrons. The van der Waals surface area contributed by atoms with E-state index in [1.54, 1.807) is 6.33 Å². The molecule has 4 nitrogen and oxygen atoms in total. The first kappa shape index (κ1) is 16.3. The summed E-state index contributed by atoms with van der Waals surface area (Å²) in [4.78, 5) is 8.63. The van der Waals surface area contributed by atoms with Crippen molar-refractivity contribution in [3.63, 3.8) is 0 Å². The Morgan fingerprint density at radius 2 is 1.82 bits per heavy atom. The molecule has 0 aliphatic rings. The molecule has 1 heterocycles. The molecule has 1 aromatic carbocycles.